The van der Waals surface area contributed by atoms with E-state index in [1.807, 2.05) is 41.5 Å². The van der Waals surface area contributed by atoms with Crippen molar-refractivity contribution in [3.63, 3.8) is 0 Å². The third kappa shape index (κ3) is 6.63. The number of hydrogen-bond donors (Lipinski definition) is 0. The molecule has 0 N–H and O–H groups in total. The van der Waals surface area contributed by atoms with Crippen LogP contribution in [0.4, 0.5) is 0 Å². The lowest BCUT2D eigenvalue weighted by atomic mass is 9.64. The number of hydrogen-bond acceptors (Lipinski definition) is 5. The van der Waals surface area contributed by atoms with Crippen LogP contribution in [0.5, 0.6) is 0 Å². The summed E-state index contributed by atoms with van der Waals surface area (Å²) in [6.07, 6.45) is 1.47. The highest BCUT2D eigenvalue weighted by Crippen LogP contribution is 2.42. The van der Waals surface area contributed by atoms with Gasteiger partial charge in [-0.2, -0.15) is 5.26 Å². The molecule has 0 radical (unpaired) electrons. The summed E-state index contributed by atoms with van der Waals surface area (Å²) in [7, 11) is 0. The molecule has 0 aliphatic carbocycles. The molecule has 0 spiro atoms. The third-order valence-corrected chi connectivity index (χ3v) is 4.71. The first-order valence-electron chi connectivity index (χ1n) is 9.75. The third-order valence-electron chi connectivity index (χ3n) is 4.71. The van der Waals surface area contributed by atoms with Crippen molar-refractivity contribution < 1.29 is 19.1 Å². The average Bonchev–Trinajstić information content (AvgIpc) is 2.50. The first-order chi connectivity index (χ1) is 12.0. The molecule has 0 bridgehead atoms. The average molecular weight is 368 g/mol. The maximum Gasteiger partial charge on any atom is 0.327 e. The van der Waals surface area contributed by atoms with E-state index in [1.54, 1.807) is 13.8 Å². The zero-order valence-corrected chi connectivity index (χ0v) is 17.8. The van der Waals surface area contributed by atoms with Gasteiger partial charge in [-0.25, -0.2) is 0 Å². The van der Waals surface area contributed by atoms with Gasteiger partial charge in [0.15, 0.2) is 5.41 Å². The van der Waals surface area contributed by atoms with Crippen molar-refractivity contribution in [3.05, 3.63) is 0 Å². The topological polar surface area (TPSA) is 76.4 Å². The van der Waals surface area contributed by atoms with Gasteiger partial charge in [-0.05, 0) is 36.5 Å². The standard InChI is InChI=1S/C21H37NO4/c1-14(2)9-11-25-19(23)18(16(5)6)21(13-22,17(7)8)20(24)26-12-10-15(3)4/h14-18H,9-12H2,1-8H3. The molecule has 0 fully saturated rings. The van der Waals surface area contributed by atoms with Gasteiger partial charge < -0.3 is 9.47 Å². The summed E-state index contributed by atoms with van der Waals surface area (Å²) < 4.78 is 10.9. The Morgan fingerprint density at radius 1 is 0.885 bits per heavy atom. The van der Waals surface area contributed by atoms with Gasteiger partial charge in [-0.3, -0.25) is 9.59 Å². The fraction of sp³-hybridized carbons (Fsp3) is 0.857. The molecule has 5 heteroatoms. The van der Waals surface area contributed by atoms with Gasteiger partial charge in [0, 0.05) is 0 Å². The number of nitrogens with zero attached hydrogens (tertiary/aromatic N) is 1. The van der Waals surface area contributed by atoms with Gasteiger partial charge in [0.05, 0.1) is 25.2 Å². The van der Waals surface area contributed by atoms with Crippen LogP contribution in [0.25, 0.3) is 0 Å². The zero-order chi connectivity index (χ0) is 20.5. The molecule has 0 rings (SSSR count). The monoisotopic (exact) mass is 367 g/mol. The first kappa shape index (κ1) is 24.4. The molecule has 0 aliphatic heterocycles. The van der Waals surface area contributed by atoms with E-state index in [0.717, 1.165) is 12.8 Å². The summed E-state index contributed by atoms with van der Waals surface area (Å²) in [5, 5.41) is 9.95. The summed E-state index contributed by atoms with van der Waals surface area (Å²) >= 11 is 0. The molecule has 2 unspecified atom stereocenters. The summed E-state index contributed by atoms with van der Waals surface area (Å²) in [4.78, 5) is 25.7. The van der Waals surface area contributed by atoms with Crippen LogP contribution in [0, 0.1) is 46.3 Å². The Balaban J connectivity index is 5.56. The van der Waals surface area contributed by atoms with E-state index in [1.165, 1.54) is 0 Å². The second kappa shape index (κ2) is 11.2. The fourth-order valence-corrected chi connectivity index (χ4v) is 2.94. The second-order valence-corrected chi connectivity index (χ2v) is 8.53. The van der Waals surface area contributed by atoms with Gasteiger partial charge in [0.1, 0.15) is 0 Å². The minimum absolute atomic E-state index is 0.221. The quantitative estimate of drug-likeness (QED) is 0.499. The lowest BCUT2D eigenvalue weighted by Crippen LogP contribution is -2.49. The van der Waals surface area contributed by atoms with Crippen molar-refractivity contribution in [3.8, 4) is 6.07 Å². The highest BCUT2D eigenvalue weighted by atomic mass is 16.5. The van der Waals surface area contributed by atoms with Gasteiger partial charge in [-0.1, -0.05) is 55.4 Å². The SMILES string of the molecule is CC(C)CCOC(=O)C(C(C)C)C(C#N)(C(=O)OCCC(C)C)C(C)C. The van der Waals surface area contributed by atoms with Gasteiger partial charge in [0.2, 0.25) is 0 Å². The lowest BCUT2D eigenvalue weighted by molar-refractivity contribution is -0.171. The molecule has 5 nitrogen and oxygen atoms in total. The number of nitriles is 1. The highest BCUT2D eigenvalue weighted by Gasteiger charge is 2.55. The normalized spacial score (nSPS) is 15.0. The van der Waals surface area contributed by atoms with Crippen molar-refractivity contribution in [2.45, 2.75) is 68.2 Å². The summed E-state index contributed by atoms with van der Waals surface area (Å²) in [6.45, 7) is 16.0. The number of carbonyl (C=O) groups is 2. The minimum Gasteiger partial charge on any atom is -0.465 e. The smallest absolute Gasteiger partial charge is 0.327 e. The molecule has 0 saturated heterocycles. The Bertz CT molecular complexity index is 491. The van der Waals surface area contributed by atoms with Crippen LogP contribution in [0.15, 0.2) is 0 Å². The predicted molar refractivity (Wildman–Crippen MR) is 102 cm³/mol. The molecule has 0 aliphatic rings. The van der Waals surface area contributed by atoms with Crippen LogP contribution in [-0.4, -0.2) is 25.2 Å². The predicted octanol–water partition coefficient (Wildman–Crippen LogP) is 4.60. The van der Waals surface area contributed by atoms with Gasteiger partial charge in [-0.15, -0.1) is 0 Å². The fourth-order valence-electron chi connectivity index (χ4n) is 2.94. The summed E-state index contributed by atoms with van der Waals surface area (Å²) in [6, 6.07) is 2.14. The van der Waals surface area contributed by atoms with Crippen LogP contribution in [-0.2, 0) is 19.1 Å². The largest absolute Gasteiger partial charge is 0.465 e. The lowest BCUT2D eigenvalue weighted by Gasteiger charge is -2.36. The van der Waals surface area contributed by atoms with Gasteiger partial charge in [0.25, 0.3) is 0 Å². The Hall–Kier alpha value is -1.57. The number of esters is 2. The molecular formula is C21H37NO4. The van der Waals surface area contributed by atoms with E-state index in [0.29, 0.717) is 18.4 Å². The van der Waals surface area contributed by atoms with Crippen LogP contribution in [0.1, 0.15) is 68.2 Å². The highest BCUT2D eigenvalue weighted by molar-refractivity contribution is 5.88. The van der Waals surface area contributed by atoms with E-state index in [-0.39, 0.29) is 18.4 Å². The van der Waals surface area contributed by atoms with Crippen LogP contribution in [0.3, 0.4) is 0 Å². The van der Waals surface area contributed by atoms with E-state index < -0.39 is 23.3 Å². The molecule has 0 aromatic heterocycles. The maximum atomic E-state index is 12.9. The molecular weight excluding hydrogens is 330 g/mol. The van der Waals surface area contributed by atoms with E-state index in [2.05, 4.69) is 6.07 Å². The van der Waals surface area contributed by atoms with Crippen molar-refractivity contribution in [2.75, 3.05) is 13.2 Å². The zero-order valence-electron chi connectivity index (χ0n) is 17.8. The Kier molecular flexibility index (Phi) is 10.5. The molecule has 0 aromatic carbocycles. The van der Waals surface area contributed by atoms with Crippen molar-refractivity contribution in [1.29, 1.82) is 5.26 Å². The number of ether oxygens (including phenoxy) is 2. The van der Waals surface area contributed by atoms with Crippen LogP contribution < -0.4 is 0 Å². The van der Waals surface area contributed by atoms with Gasteiger partial charge >= 0.3 is 11.9 Å². The first-order valence-corrected chi connectivity index (χ1v) is 9.75. The van der Waals surface area contributed by atoms with Crippen LogP contribution >= 0.6 is 0 Å². The molecule has 0 saturated carbocycles. The molecule has 150 valence electrons. The second-order valence-electron chi connectivity index (χ2n) is 8.53. The molecule has 0 amide bonds. The summed E-state index contributed by atoms with van der Waals surface area (Å²) in [5.41, 5.74) is -1.54. The van der Waals surface area contributed by atoms with Crippen molar-refractivity contribution in [2.24, 2.45) is 35.0 Å². The maximum absolute atomic E-state index is 12.9. The van der Waals surface area contributed by atoms with E-state index in [4.69, 9.17) is 9.47 Å². The molecule has 0 aromatic rings. The summed E-state index contributed by atoms with van der Waals surface area (Å²) in [5.74, 6) is -1.75. The Morgan fingerprint density at radius 3 is 1.69 bits per heavy atom. The van der Waals surface area contributed by atoms with E-state index >= 15 is 0 Å². The number of carbonyl (C=O) groups excluding carboxylic acids is 2. The molecule has 0 heterocycles. The number of rotatable bonds is 11. The van der Waals surface area contributed by atoms with Crippen molar-refractivity contribution >= 4 is 11.9 Å². The van der Waals surface area contributed by atoms with Crippen molar-refractivity contribution in [1.82, 2.24) is 0 Å². The van der Waals surface area contributed by atoms with Crippen LogP contribution in [0.2, 0.25) is 0 Å². The minimum atomic E-state index is -1.54. The van der Waals surface area contributed by atoms with E-state index in [9.17, 15) is 14.9 Å². The Labute approximate surface area is 159 Å². The molecule has 2 atom stereocenters. The molecule has 26 heavy (non-hydrogen) atoms. The Morgan fingerprint density at radius 2 is 1.35 bits per heavy atom.